The standard InChI is InChI=1S/C23H17N3O3/c1-16-9-11-17(12-10-16)13-14-22-24-21-8-3-2-7-20(21)23(27)25(22)18-5-4-6-19(15-18)26(28)29/h2-15H,1H3/b14-13+. The minimum atomic E-state index is -0.481. The molecule has 0 spiro atoms. The first kappa shape index (κ1) is 18.3. The van der Waals surface area contributed by atoms with Crippen LogP contribution in [0.2, 0.25) is 0 Å². The predicted molar refractivity (Wildman–Crippen MR) is 114 cm³/mol. The highest BCUT2D eigenvalue weighted by molar-refractivity contribution is 5.80. The molecule has 0 aliphatic rings. The van der Waals surface area contributed by atoms with Gasteiger partial charge in [0, 0.05) is 12.1 Å². The van der Waals surface area contributed by atoms with Crippen molar-refractivity contribution in [3.05, 3.63) is 110 Å². The summed E-state index contributed by atoms with van der Waals surface area (Å²) in [5, 5.41) is 11.6. The Hall–Kier alpha value is -4.06. The number of hydrogen-bond donors (Lipinski definition) is 0. The Labute approximate surface area is 166 Å². The predicted octanol–water partition coefficient (Wildman–Crippen LogP) is 4.77. The van der Waals surface area contributed by atoms with Gasteiger partial charge in [-0.25, -0.2) is 4.98 Å². The van der Waals surface area contributed by atoms with Gasteiger partial charge in [-0.05, 0) is 36.8 Å². The number of para-hydroxylation sites is 1. The molecular weight excluding hydrogens is 366 g/mol. The zero-order valence-electron chi connectivity index (χ0n) is 15.6. The highest BCUT2D eigenvalue weighted by Crippen LogP contribution is 2.19. The molecule has 4 rings (SSSR count). The third kappa shape index (κ3) is 3.68. The van der Waals surface area contributed by atoms with Gasteiger partial charge < -0.3 is 0 Å². The zero-order chi connectivity index (χ0) is 20.4. The molecule has 0 saturated heterocycles. The maximum atomic E-state index is 13.2. The number of fused-ring (bicyclic) bond motifs is 1. The summed E-state index contributed by atoms with van der Waals surface area (Å²) < 4.78 is 1.40. The largest absolute Gasteiger partial charge is 0.271 e. The summed E-state index contributed by atoms with van der Waals surface area (Å²) in [5.74, 6) is 0.398. The van der Waals surface area contributed by atoms with Crippen molar-refractivity contribution in [2.24, 2.45) is 0 Å². The molecule has 0 unspecified atom stereocenters. The zero-order valence-corrected chi connectivity index (χ0v) is 15.6. The van der Waals surface area contributed by atoms with Crippen LogP contribution in [-0.2, 0) is 0 Å². The van der Waals surface area contributed by atoms with Crippen LogP contribution >= 0.6 is 0 Å². The van der Waals surface area contributed by atoms with Gasteiger partial charge in [0.25, 0.3) is 11.2 Å². The van der Waals surface area contributed by atoms with Crippen LogP contribution in [0.1, 0.15) is 17.0 Å². The minimum absolute atomic E-state index is 0.0870. The van der Waals surface area contributed by atoms with Crippen molar-refractivity contribution in [1.29, 1.82) is 0 Å². The van der Waals surface area contributed by atoms with E-state index in [0.29, 0.717) is 22.4 Å². The van der Waals surface area contributed by atoms with Crippen LogP contribution in [0.15, 0.2) is 77.6 Å². The summed E-state index contributed by atoms with van der Waals surface area (Å²) in [6, 6.07) is 21.0. The first-order chi connectivity index (χ1) is 14.0. The van der Waals surface area contributed by atoms with E-state index < -0.39 is 4.92 Å². The Morgan fingerprint density at radius 1 is 0.966 bits per heavy atom. The Bertz CT molecular complexity index is 1310. The first-order valence-corrected chi connectivity index (χ1v) is 9.04. The fourth-order valence-electron chi connectivity index (χ4n) is 3.11. The van der Waals surface area contributed by atoms with E-state index in [9.17, 15) is 14.9 Å². The van der Waals surface area contributed by atoms with Crippen molar-refractivity contribution in [1.82, 2.24) is 9.55 Å². The highest BCUT2D eigenvalue weighted by atomic mass is 16.6. The fraction of sp³-hybridized carbons (Fsp3) is 0.0435. The lowest BCUT2D eigenvalue weighted by molar-refractivity contribution is -0.384. The fourth-order valence-corrected chi connectivity index (χ4v) is 3.11. The molecule has 0 aliphatic heterocycles. The number of non-ortho nitro benzene ring substituents is 1. The minimum Gasteiger partial charge on any atom is -0.268 e. The Balaban J connectivity index is 1.94. The van der Waals surface area contributed by atoms with Gasteiger partial charge in [-0.15, -0.1) is 0 Å². The Kier molecular flexibility index (Phi) is 4.75. The number of aromatic nitrogens is 2. The van der Waals surface area contributed by atoms with Crippen LogP contribution in [0.4, 0.5) is 5.69 Å². The average Bonchev–Trinajstić information content (AvgIpc) is 2.73. The van der Waals surface area contributed by atoms with Crippen LogP contribution in [0.3, 0.4) is 0 Å². The van der Waals surface area contributed by atoms with Crippen molar-refractivity contribution >= 4 is 28.7 Å². The van der Waals surface area contributed by atoms with Crippen LogP contribution in [0.5, 0.6) is 0 Å². The van der Waals surface area contributed by atoms with Crippen LogP contribution in [0.25, 0.3) is 28.7 Å². The lowest BCUT2D eigenvalue weighted by Crippen LogP contribution is -2.22. The molecule has 4 aromatic rings. The number of hydrogen-bond acceptors (Lipinski definition) is 4. The molecule has 0 amide bonds. The molecule has 1 aromatic heterocycles. The molecule has 0 aliphatic carbocycles. The summed E-state index contributed by atoms with van der Waals surface area (Å²) in [6.45, 7) is 2.01. The summed E-state index contributed by atoms with van der Waals surface area (Å²) in [6.07, 6.45) is 3.61. The number of nitro groups is 1. The van der Waals surface area contributed by atoms with Crippen LogP contribution in [0, 0.1) is 17.0 Å². The molecule has 142 valence electrons. The molecule has 0 bridgehead atoms. The number of aryl methyl sites for hydroxylation is 1. The van der Waals surface area contributed by atoms with Crippen LogP contribution < -0.4 is 5.56 Å². The van der Waals surface area contributed by atoms with Crippen molar-refractivity contribution in [2.45, 2.75) is 6.92 Å². The van der Waals surface area contributed by atoms with E-state index in [0.717, 1.165) is 11.1 Å². The molecule has 29 heavy (non-hydrogen) atoms. The molecule has 3 aromatic carbocycles. The molecule has 0 atom stereocenters. The summed E-state index contributed by atoms with van der Waals surface area (Å²) in [7, 11) is 0. The lowest BCUT2D eigenvalue weighted by Gasteiger charge is -2.11. The van der Waals surface area contributed by atoms with Gasteiger partial charge in [-0.2, -0.15) is 0 Å². The van der Waals surface area contributed by atoms with Gasteiger partial charge in [0.2, 0.25) is 0 Å². The van der Waals surface area contributed by atoms with E-state index in [4.69, 9.17) is 0 Å². The second-order valence-corrected chi connectivity index (χ2v) is 6.65. The molecular formula is C23H17N3O3. The highest BCUT2D eigenvalue weighted by Gasteiger charge is 2.14. The topological polar surface area (TPSA) is 78.0 Å². The Morgan fingerprint density at radius 2 is 1.72 bits per heavy atom. The van der Waals surface area contributed by atoms with Crippen molar-refractivity contribution in [3.8, 4) is 5.69 Å². The van der Waals surface area contributed by atoms with Crippen molar-refractivity contribution < 1.29 is 4.92 Å². The van der Waals surface area contributed by atoms with Gasteiger partial charge in [0.05, 0.1) is 21.5 Å². The number of rotatable bonds is 4. The third-order valence-electron chi connectivity index (χ3n) is 4.60. The third-order valence-corrected chi connectivity index (χ3v) is 4.60. The van der Waals surface area contributed by atoms with E-state index in [-0.39, 0.29) is 11.2 Å². The van der Waals surface area contributed by atoms with Gasteiger partial charge in [-0.1, -0.05) is 54.1 Å². The Morgan fingerprint density at radius 3 is 2.48 bits per heavy atom. The number of nitrogens with zero attached hydrogens (tertiary/aromatic N) is 3. The summed E-state index contributed by atoms with van der Waals surface area (Å²) in [4.78, 5) is 28.5. The average molecular weight is 383 g/mol. The smallest absolute Gasteiger partial charge is 0.268 e. The second kappa shape index (κ2) is 7.52. The van der Waals surface area contributed by atoms with E-state index in [1.807, 2.05) is 43.3 Å². The van der Waals surface area contributed by atoms with E-state index >= 15 is 0 Å². The summed E-state index contributed by atoms with van der Waals surface area (Å²) >= 11 is 0. The molecule has 0 saturated carbocycles. The molecule has 6 heteroatoms. The lowest BCUT2D eigenvalue weighted by atomic mass is 10.1. The molecule has 6 nitrogen and oxygen atoms in total. The molecule has 0 N–H and O–H groups in total. The van der Waals surface area contributed by atoms with Crippen molar-refractivity contribution in [2.75, 3.05) is 0 Å². The summed E-state index contributed by atoms with van der Waals surface area (Å²) in [5.41, 5.74) is 2.72. The van der Waals surface area contributed by atoms with E-state index in [2.05, 4.69) is 4.98 Å². The second-order valence-electron chi connectivity index (χ2n) is 6.65. The molecule has 0 radical (unpaired) electrons. The van der Waals surface area contributed by atoms with E-state index in [1.54, 1.807) is 36.4 Å². The quantitative estimate of drug-likeness (QED) is 0.375. The maximum absolute atomic E-state index is 13.2. The van der Waals surface area contributed by atoms with Gasteiger partial charge in [0.1, 0.15) is 5.82 Å². The maximum Gasteiger partial charge on any atom is 0.271 e. The normalized spacial score (nSPS) is 11.2. The molecule has 1 heterocycles. The number of benzene rings is 3. The van der Waals surface area contributed by atoms with Crippen molar-refractivity contribution in [3.63, 3.8) is 0 Å². The monoisotopic (exact) mass is 383 g/mol. The van der Waals surface area contributed by atoms with Gasteiger partial charge in [0.15, 0.2) is 0 Å². The number of nitro benzene ring substituents is 1. The SMILES string of the molecule is Cc1ccc(/C=C/c2nc3ccccc3c(=O)n2-c2cccc([N+](=O)[O-])c2)cc1. The van der Waals surface area contributed by atoms with Gasteiger partial charge >= 0.3 is 0 Å². The van der Waals surface area contributed by atoms with E-state index in [1.165, 1.54) is 16.7 Å². The van der Waals surface area contributed by atoms with Gasteiger partial charge in [-0.3, -0.25) is 19.5 Å². The first-order valence-electron chi connectivity index (χ1n) is 9.04. The van der Waals surface area contributed by atoms with Crippen LogP contribution in [-0.4, -0.2) is 14.5 Å². The molecule has 0 fully saturated rings.